The minimum Gasteiger partial charge on any atom is -0.505 e. The molecule has 0 heterocycles. The number of nitrogens with two attached hydrogens (primary N) is 1. The quantitative estimate of drug-likeness (QED) is 0.801. The number of aliphatic hydroxyl groups excluding tert-OH is 1. The summed E-state index contributed by atoms with van der Waals surface area (Å²) in [5.74, 6) is -1.20. The van der Waals surface area contributed by atoms with Gasteiger partial charge in [-0.15, -0.1) is 0 Å². The second kappa shape index (κ2) is 4.69. The molecule has 90 valence electrons. The first-order chi connectivity index (χ1) is 7.31. The molecular formula is C11H15BrFNO2. The fraction of sp³-hybridized carbons (Fsp3) is 0.455. The average Bonchev–Trinajstić information content (AvgIpc) is 2.25. The van der Waals surface area contributed by atoms with Crippen molar-refractivity contribution in [3.05, 3.63) is 28.0 Å². The van der Waals surface area contributed by atoms with E-state index in [0.717, 1.165) is 0 Å². The first kappa shape index (κ1) is 13.4. The number of benzene rings is 1. The van der Waals surface area contributed by atoms with Gasteiger partial charge in [-0.3, -0.25) is 0 Å². The maximum atomic E-state index is 13.4. The van der Waals surface area contributed by atoms with Crippen LogP contribution in [0.3, 0.4) is 0 Å². The molecule has 1 rings (SSSR count). The molecule has 0 radical (unpaired) electrons. The Kier molecular flexibility index (Phi) is 3.93. The van der Waals surface area contributed by atoms with Crippen LogP contribution < -0.4 is 5.73 Å². The van der Waals surface area contributed by atoms with E-state index in [4.69, 9.17) is 5.73 Å². The molecule has 0 bridgehead atoms. The minimum atomic E-state index is -0.735. The molecule has 5 heteroatoms. The molecule has 0 spiro atoms. The average molecular weight is 292 g/mol. The maximum Gasteiger partial charge on any atom is 0.179 e. The summed E-state index contributed by atoms with van der Waals surface area (Å²) in [6.45, 7) is 3.35. The zero-order valence-electron chi connectivity index (χ0n) is 9.17. The number of phenolic OH excluding ortho intramolecular Hbond substituents is 1. The van der Waals surface area contributed by atoms with Gasteiger partial charge in [0, 0.05) is 23.6 Å². The van der Waals surface area contributed by atoms with Gasteiger partial charge in [-0.05, 0) is 22.0 Å². The van der Waals surface area contributed by atoms with Crippen LogP contribution in [0.2, 0.25) is 0 Å². The maximum absolute atomic E-state index is 13.4. The topological polar surface area (TPSA) is 66.5 Å². The second-order valence-corrected chi connectivity index (χ2v) is 5.28. The van der Waals surface area contributed by atoms with Gasteiger partial charge < -0.3 is 15.9 Å². The molecule has 1 atom stereocenters. The zero-order valence-corrected chi connectivity index (χ0v) is 10.8. The van der Waals surface area contributed by atoms with Gasteiger partial charge in [-0.25, -0.2) is 4.39 Å². The fourth-order valence-electron chi connectivity index (χ4n) is 1.33. The predicted molar refractivity (Wildman–Crippen MR) is 63.6 cm³/mol. The lowest BCUT2D eigenvalue weighted by Crippen LogP contribution is -2.32. The number of aromatic hydroxyl groups is 1. The SMILES string of the molecule is CC(C)(CO)[C@H](N)c1ccc(Br)c(F)c1O. The summed E-state index contributed by atoms with van der Waals surface area (Å²) in [7, 11) is 0. The van der Waals surface area contributed by atoms with E-state index >= 15 is 0 Å². The lowest BCUT2D eigenvalue weighted by Gasteiger charge is -2.30. The van der Waals surface area contributed by atoms with Crippen LogP contribution in [0, 0.1) is 11.2 Å². The van der Waals surface area contributed by atoms with Crippen molar-refractivity contribution >= 4 is 15.9 Å². The van der Waals surface area contributed by atoms with Gasteiger partial charge in [0.25, 0.3) is 0 Å². The first-order valence-electron chi connectivity index (χ1n) is 4.84. The molecule has 0 unspecified atom stereocenters. The van der Waals surface area contributed by atoms with Crippen molar-refractivity contribution < 1.29 is 14.6 Å². The third kappa shape index (κ3) is 2.36. The summed E-state index contributed by atoms with van der Waals surface area (Å²) < 4.78 is 13.6. The van der Waals surface area contributed by atoms with E-state index in [1.54, 1.807) is 19.9 Å². The number of hydrogen-bond acceptors (Lipinski definition) is 3. The van der Waals surface area contributed by atoms with Crippen molar-refractivity contribution in [1.82, 2.24) is 0 Å². The molecule has 0 fully saturated rings. The normalized spacial score (nSPS) is 13.9. The van der Waals surface area contributed by atoms with Gasteiger partial charge in [-0.2, -0.15) is 0 Å². The molecule has 0 amide bonds. The molecule has 1 aromatic rings. The third-order valence-electron chi connectivity index (χ3n) is 2.68. The Morgan fingerprint density at radius 3 is 2.56 bits per heavy atom. The van der Waals surface area contributed by atoms with Gasteiger partial charge in [0.1, 0.15) is 0 Å². The van der Waals surface area contributed by atoms with E-state index in [-0.39, 0.29) is 11.1 Å². The highest BCUT2D eigenvalue weighted by atomic mass is 79.9. The molecule has 3 nitrogen and oxygen atoms in total. The largest absolute Gasteiger partial charge is 0.505 e. The number of rotatable bonds is 3. The Balaban J connectivity index is 3.20. The highest BCUT2D eigenvalue weighted by molar-refractivity contribution is 9.10. The highest BCUT2D eigenvalue weighted by Gasteiger charge is 2.30. The van der Waals surface area contributed by atoms with E-state index in [0.29, 0.717) is 5.56 Å². The number of aliphatic hydroxyl groups is 1. The van der Waals surface area contributed by atoms with E-state index in [1.165, 1.54) is 6.07 Å². The summed E-state index contributed by atoms with van der Waals surface area (Å²) >= 11 is 2.97. The van der Waals surface area contributed by atoms with Crippen LogP contribution in [0.25, 0.3) is 0 Å². The van der Waals surface area contributed by atoms with Gasteiger partial charge in [-0.1, -0.05) is 19.9 Å². The number of hydrogen-bond donors (Lipinski definition) is 3. The van der Waals surface area contributed by atoms with E-state index in [1.807, 2.05) is 0 Å². The Labute approximate surface area is 102 Å². The lowest BCUT2D eigenvalue weighted by atomic mass is 9.81. The first-order valence-corrected chi connectivity index (χ1v) is 5.64. The fourth-order valence-corrected chi connectivity index (χ4v) is 1.65. The van der Waals surface area contributed by atoms with Crippen molar-refractivity contribution in [3.8, 4) is 5.75 Å². The molecule has 1 aromatic carbocycles. The molecule has 0 aliphatic rings. The van der Waals surface area contributed by atoms with Crippen molar-refractivity contribution in [1.29, 1.82) is 0 Å². The summed E-state index contributed by atoms with van der Waals surface area (Å²) in [6, 6.07) is 2.39. The van der Waals surface area contributed by atoms with E-state index in [2.05, 4.69) is 15.9 Å². The summed E-state index contributed by atoms with van der Waals surface area (Å²) in [4.78, 5) is 0. The standard InChI is InChI=1S/C11H15BrFNO2/c1-11(2,5-15)10(14)6-3-4-7(12)8(13)9(6)16/h3-4,10,15-16H,5,14H2,1-2H3/t10-/m1/s1. The van der Waals surface area contributed by atoms with Gasteiger partial charge in [0.05, 0.1) is 4.47 Å². The summed E-state index contributed by atoms with van der Waals surface area (Å²) in [5, 5.41) is 18.8. The summed E-state index contributed by atoms with van der Waals surface area (Å²) in [6.07, 6.45) is 0. The van der Waals surface area contributed by atoms with Crippen LogP contribution in [-0.2, 0) is 0 Å². The Morgan fingerprint density at radius 2 is 2.06 bits per heavy atom. The zero-order chi connectivity index (χ0) is 12.5. The minimum absolute atomic E-state index is 0.148. The van der Waals surface area contributed by atoms with Crippen molar-refractivity contribution in [3.63, 3.8) is 0 Å². The van der Waals surface area contributed by atoms with Crippen LogP contribution in [0.15, 0.2) is 16.6 Å². The Hall–Kier alpha value is -0.650. The molecule has 0 aromatic heterocycles. The molecule has 0 saturated carbocycles. The van der Waals surface area contributed by atoms with Gasteiger partial charge in [0.15, 0.2) is 11.6 Å². The van der Waals surface area contributed by atoms with Crippen LogP contribution in [0.5, 0.6) is 5.75 Å². The van der Waals surface area contributed by atoms with Crippen LogP contribution in [-0.4, -0.2) is 16.8 Å². The van der Waals surface area contributed by atoms with Crippen molar-refractivity contribution in [2.45, 2.75) is 19.9 Å². The predicted octanol–water partition coefficient (Wildman–Crippen LogP) is 2.31. The third-order valence-corrected chi connectivity index (χ3v) is 3.30. The molecular weight excluding hydrogens is 277 g/mol. The van der Waals surface area contributed by atoms with E-state index < -0.39 is 23.0 Å². The van der Waals surface area contributed by atoms with Gasteiger partial charge >= 0.3 is 0 Å². The molecule has 0 aliphatic heterocycles. The van der Waals surface area contributed by atoms with Crippen LogP contribution in [0.1, 0.15) is 25.5 Å². The highest BCUT2D eigenvalue weighted by Crippen LogP contribution is 2.38. The van der Waals surface area contributed by atoms with Crippen molar-refractivity contribution in [2.75, 3.05) is 6.61 Å². The second-order valence-electron chi connectivity index (χ2n) is 4.42. The Morgan fingerprint density at radius 1 is 1.50 bits per heavy atom. The number of phenols is 1. The van der Waals surface area contributed by atoms with Crippen molar-refractivity contribution in [2.24, 2.45) is 11.1 Å². The smallest absolute Gasteiger partial charge is 0.179 e. The molecule has 0 saturated heterocycles. The van der Waals surface area contributed by atoms with E-state index in [9.17, 15) is 14.6 Å². The van der Waals surface area contributed by atoms with Gasteiger partial charge in [0.2, 0.25) is 0 Å². The number of halogens is 2. The molecule has 4 N–H and O–H groups in total. The van der Waals surface area contributed by atoms with Crippen LogP contribution in [0.4, 0.5) is 4.39 Å². The molecule has 0 aliphatic carbocycles. The Bertz CT molecular complexity index is 396. The summed E-state index contributed by atoms with van der Waals surface area (Å²) in [5.41, 5.74) is 5.57. The monoisotopic (exact) mass is 291 g/mol. The van der Waals surface area contributed by atoms with Crippen LogP contribution >= 0.6 is 15.9 Å². The molecule has 16 heavy (non-hydrogen) atoms. The lowest BCUT2D eigenvalue weighted by molar-refractivity contribution is 0.131.